The zero-order chi connectivity index (χ0) is 15.4. The topological polar surface area (TPSA) is 32.3 Å². The van der Waals surface area contributed by atoms with Gasteiger partial charge in [-0.25, -0.2) is 9.97 Å². The van der Waals surface area contributed by atoms with Crippen molar-refractivity contribution < 1.29 is 13.2 Å². The lowest BCUT2D eigenvalue weighted by atomic mass is 9.83. The number of anilines is 1. The van der Waals surface area contributed by atoms with E-state index in [4.69, 9.17) is 0 Å². The van der Waals surface area contributed by atoms with Crippen LogP contribution < -0.4 is 4.90 Å². The van der Waals surface area contributed by atoms with E-state index < -0.39 is 11.9 Å². The molecule has 4 rings (SSSR count). The molecule has 3 aliphatic rings. The fraction of sp³-hybridized carbons (Fsp3) is 0.733. The van der Waals surface area contributed by atoms with Crippen LogP contribution in [0.5, 0.6) is 0 Å². The maximum absolute atomic E-state index is 12.8. The van der Waals surface area contributed by atoms with Crippen LogP contribution in [-0.4, -0.2) is 46.6 Å². The molecule has 0 amide bonds. The van der Waals surface area contributed by atoms with E-state index in [1.54, 1.807) is 0 Å². The van der Waals surface area contributed by atoms with Crippen LogP contribution in [-0.2, 0) is 6.18 Å². The van der Waals surface area contributed by atoms with Crippen molar-refractivity contribution in [3.8, 4) is 0 Å². The summed E-state index contributed by atoms with van der Waals surface area (Å²) in [6.45, 7) is 3.76. The SMILES string of the molecule is FC(F)(F)c1ccnc(N2CCC3(CCN3CC3CC3)C2)n1. The number of hydrogen-bond acceptors (Lipinski definition) is 4. The number of alkyl halides is 3. The van der Waals surface area contributed by atoms with Gasteiger partial charge in [-0.3, -0.25) is 4.90 Å². The molecule has 2 saturated heterocycles. The maximum atomic E-state index is 12.8. The molecule has 22 heavy (non-hydrogen) atoms. The van der Waals surface area contributed by atoms with Gasteiger partial charge in [0.15, 0.2) is 0 Å². The number of hydrogen-bond donors (Lipinski definition) is 0. The number of aromatic nitrogens is 2. The summed E-state index contributed by atoms with van der Waals surface area (Å²) in [5, 5.41) is 0. The van der Waals surface area contributed by atoms with Gasteiger partial charge >= 0.3 is 6.18 Å². The minimum atomic E-state index is -4.41. The highest BCUT2D eigenvalue weighted by Gasteiger charge is 2.50. The molecule has 3 fully saturated rings. The zero-order valence-corrected chi connectivity index (χ0v) is 12.3. The van der Waals surface area contributed by atoms with Crippen molar-refractivity contribution in [2.24, 2.45) is 5.92 Å². The van der Waals surface area contributed by atoms with Gasteiger partial charge in [0, 0.05) is 37.9 Å². The van der Waals surface area contributed by atoms with E-state index in [2.05, 4.69) is 14.9 Å². The van der Waals surface area contributed by atoms with E-state index in [0.29, 0.717) is 0 Å². The molecule has 0 radical (unpaired) electrons. The lowest BCUT2D eigenvalue weighted by molar-refractivity contribution is -0.141. The maximum Gasteiger partial charge on any atom is 0.433 e. The van der Waals surface area contributed by atoms with Crippen LogP contribution in [0.15, 0.2) is 12.3 Å². The summed E-state index contributed by atoms with van der Waals surface area (Å²) in [5.41, 5.74) is -0.706. The lowest BCUT2D eigenvalue weighted by Gasteiger charge is -2.51. The first-order valence-electron chi connectivity index (χ1n) is 7.87. The van der Waals surface area contributed by atoms with Gasteiger partial charge < -0.3 is 4.90 Å². The number of halogens is 3. The Morgan fingerprint density at radius 3 is 2.64 bits per heavy atom. The van der Waals surface area contributed by atoms with Crippen molar-refractivity contribution in [3.63, 3.8) is 0 Å². The molecule has 0 aromatic carbocycles. The van der Waals surface area contributed by atoms with Gasteiger partial charge in [0.05, 0.1) is 0 Å². The molecule has 1 atom stereocenters. The van der Waals surface area contributed by atoms with E-state index >= 15 is 0 Å². The Kier molecular flexibility index (Phi) is 3.11. The third-order valence-corrected chi connectivity index (χ3v) is 5.24. The van der Waals surface area contributed by atoms with Gasteiger partial charge in [0.25, 0.3) is 0 Å². The van der Waals surface area contributed by atoms with Gasteiger partial charge in [-0.1, -0.05) is 0 Å². The van der Waals surface area contributed by atoms with Crippen molar-refractivity contribution >= 4 is 5.95 Å². The van der Waals surface area contributed by atoms with E-state index in [9.17, 15) is 13.2 Å². The van der Waals surface area contributed by atoms with Gasteiger partial charge in [0.2, 0.25) is 5.95 Å². The van der Waals surface area contributed by atoms with Crippen LogP contribution >= 0.6 is 0 Å². The predicted molar refractivity (Wildman–Crippen MR) is 75.5 cm³/mol. The van der Waals surface area contributed by atoms with Crippen LogP contribution in [0, 0.1) is 5.92 Å². The highest BCUT2D eigenvalue weighted by atomic mass is 19.4. The standard InChI is InChI=1S/C15H19F3N4/c16-15(17,18)12-3-6-19-13(20-12)21-7-4-14(10-21)5-8-22(14)9-11-1-2-11/h3,6,11H,1-2,4-5,7-10H2. The van der Waals surface area contributed by atoms with Crippen molar-refractivity contribution in [2.45, 2.75) is 37.4 Å². The van der Waals surface area contributed by atoms with Crippen LogP contribution in [0.1, 0.15) is 31.4 Å². The summed E-state index contributed by atoms with van der Waals surface area (Å²) in [6.07, 6.45) is 1.58. The Labute approximate surface area is 127 Å². The average Bonchev–Trinajstić information content (AvgIpc) is 3.18. The molecule has 3 heterocycles. The van der Waals surface area contributed by atoms with Crippen LogP contribution in [0.4, 0.5) is 19.1 Å². The van der Waals surface area contributed by atoms with Crippen molar-refractivity contribution in [3.05, 3.63) is 18.0 Å². The lowest BCUT2D eigenvalue weighted by Crippen LogP contribution is -2.61. The average molecular weight is 312 g/mol. The summed E-state index contributed by atoms with van der Waals surface area (Å²) >= 11 is 0. The van der Waals surface area contributed by atoms with Gasteiger partial charge in [-0.15, -0.1) is 0 Å². The van der Waals surface area contributed by atoms with E-state index in [1.165, 1.54) is 19.0 Å². The number of nitrogens with zero attached hydrogens (tertiary/aromatic N) is 4. The number of rotatable bonds is 3. The molecule has 1 unspecified atom stereocenters. The first kappa shape index (κ1) is 14.2. The minimum absolute atomic E-state index is 0.153. The summed E-state index contributed by atoms with van der Waals surface area (Å²) in [4.78, 5) is 12.2. The Morgan fingerprint density at radius 1 is 1.23 bits per heavy atom. The summed E-state index contributed by atoms with van der Waals surface area (Å²) < 4.78 is 38.3. The Morgan fingerprint density at radius 2 is 2.00 bits per heavy atom. The monoisotopic (exact) mass is 312 g/mol. The number of likely N-dealkylation sites (tertiary alicyclic amines) is 1. The van der Waals surface area contributed by atoms with E-state index in [0.717, 1.165) is 51.0 Å². The van der Waals surface area contributed by atoms with E-state index in [1.807, 2.05) is 4.90 Å². The second-order valence-corrected chi connectivity index (χ2v) is 6.77. The molecule has 1 aromatic heterocycles. The Balaban J connectivity index is 1.48. The third kappa shape index (κ3) is 2.45. The second-order valence-electron chi connectivity index (χ2n) is 6.77. The Bertz CT molecular complexity index is 572. The molecule has 0 bridgehead atoms. The molecular weight excluding hydrogens is 293 g/mol. The minimum Gasteiger partial charge on any atom is -0.339 e. The summed E-state index contributed by atoms with van der Waals surface area (Å²) in [5.74, 6) is 1.06. The molecule has 0 N–H and O–H groups in total. The predicted octanol–water partition coefficient (Wildman–Crippen LogP) is 2.56. The summed E-state index contributed by atoms with van der Waals surface area (Å²) in [6, 6.07) is 0.929. The first-order chi connectivity index (χ1) is 10.5. The molecule has 120 valence electrons. The molecule has 7 heteroatoms. The fourth-order valence-electron chi connectivity index (χ4n) is 3.63. The van der Waals surface area contributed by atoms with Crippen molar-refractivity contribution in [1.82, 2.24) is 14.9 Å². The zero-order valence-electron chi connectivity index (χ0n) is 12.3. The van der Waals surface area contributed by atoms with Crippen LogP contribution in [0.2, 0.25) is 0 Å². The second kappa shape index (κ2) is 4.81. The normalized spacial score (nSPS) is 29.1. The molecular formula is C15H19F3N4. The van der Waals surface area contributed by atoms with E-state index in [-0.39, 0.29) is 11.5 Å². The molecule has 1 aromatic rings. The van der Waals surface area contributed by atoms with Crippen LogP contribution in [0.3, 0.4) is 0 Å². The first-order valence-corrected chi connectivity index (χ1v) is 7.87. The highest BCUT2D eigenvalue weighted by Crippen LogP contribution is 2.43. The molecule has 1 saturated carbocycles. The Hall–Kier alpha value is -1.37. The molecule has 2 aliphatic heterocycles. The molecule has 1 aliphatic carbocycles. The third-order valence-electron chi connectivity index (χ3n) is 5.24. The van der Waals surface area contributed by atoms with Gasteiger partial charge in [0.1, 0.15) is 5.69 Å². The van der Waals surface area contributed by atoms with Crippen LogP contribution in [0.25, 0.3) is 0 Å². The fourth-order valence-corrected chi connectivity index (χ4v) is 3.63. The van der Waals surface area contributed by atoms with Crippen molar-refractivity contribution in [1.29, 1.82) is 0 Å². The highest BCUT2D eigenvalue weighted by molar-refractivity contribution is 5.36. The van der Waals surface area contributed by atoms with Gasteiger partial charge in [-0.2, -0.15) is 13.2 Å². The van der Waals surface area contributed by atoms with Crippen molar-refractivity contribution in [2.75, 3.05) is 31.1 Å². The molecule has 4 nitrogen and oxygen atoms in total. The quantitative estimate of drug-likeness (QED) is 0.859. The molecule has 1 spiro atoms. The largest absolute Gasteiger partial charge is 0.433 e. The summed E-state index contributed by atoms with van der Waals surface area (Å²) in [7, 11) is 0. The smallest absolute Gasteiger partial charge is 0.339 e. The van der Waals surface area contributed by atoms with Gasteiger partial charge in [-0.05, 0) is 37.7 Å².